The van der Waals surface area contributed by atoms with Crippen molar-refractivity contribution in [1.82, 2.24) is 5.43 Å². The van der Waals surface area contributed by atoms with Crippen LogP contribution in [0.5, 0.6) is 0 Å². The van der Waals surface area contributed by atoms with E-state index in [4.69, 9.17) is 5.84 Å². The molecule has 1 aromatic heterocycles. The topological polar surface area (TPSA) is 38.0 Å². The van der Waals surface area contributed by atoms with Gasteiger partial charge in [0.2, 0.25) is 0 Å². The molecule has 0 aromatic carbocycles. The molecule has 3 unspecified atom stereocenters. The molecule has 2 nitrogen and oxygen atoms in total. The van der Waals surface area contributed by atoms with Crippen LogP contribution >= 0.6 is 27.3 Å². The predicted octanol–water partition coefficient (Wildman–Crippen LogP) is 4.62. The van der Waals surface area contributed by atoms with E-state index in [0.29, 0.717) is 16.9 Å². The standard InChI is InChI=1S/C16H23BrN2S/c1-15-5-10-4-11(6-15)8-16(7-10,9-15)14(19-18)13-12(17)2-3-20-13/h2-3,10-11,14,19H,4-9,18H2,1H3. The van der Waals surface area contributed by atoms with Gasteiger partial charge in [-0.3, -0.25) is 11.3 Å². The van der Waals surface area contributed by atoms with Crippen molar-refractivity contribution in [3.05, 3.63) is 20.8 Å². The van der Waals surface area contributed by atoms with E-state index in [1.54, 1.807) is 0 Å². The smallest absolute Gasteiger partial charge is 0.0621 e. The van der Waals surface area contributed by atoms with Crippen molar-refractivity contribution in [3.63, 3.8) is 0 Å². The predicted molar refractivity (Wildman–Crippen MR) is 87.3 cm³/mol. The van der Waals surface area contributed by atoms with E-state index in [2.05, 4.69) is 39.7 Å². The molecule has 5 rings (SSSR count). The molecule has 0 amide bonds. The third-order valence-electron chi connectivity index (χ3n) is 6.08. The van der Waals surface area contributed by atoms with Gasteiger partial charge in [-0.15, -0.1) is 11.3 Å². The molecule has 4 aliphatic rings. The minimum atomic E-state index is 0.321. The minimum Gasteiger partial charge on any atom is -0.271 e. The number of nitrogens with one attached hydrogen (secondary N) is 1. The highest BCUT2D eigenvalue weighted by atomic mass is 79.9. The van der Waals surface area contributed by atoms with E-state index in [1.165, 1.54) is 47.9 Å². The molecular formula is C16H23BrN2S. The SMILES string of the molecule is CC12CC3CC(C1)CC(C(NN)c1sccc1Br)(C3)C2. The lowest BCUT2D eigenvalue weighted by molar-refractivity contribution is -0.118. The second kappa shape index (κ2) is 4.55. The van der Waals surface area contributed by atoms with Crippen molar-refractivity contribution < 1.29 is 0 Å². The first-order valence-corrected chi connectivity index (χ1v) is 9.40. The molecule has 0 radical (unpaired) electrons. The molecule has 4 fully saturated rings. The molecule has 0 aliphatic heterocycles. The summed E-state index contributed by atoms with van der Waals surface area (Å²) in [5.74, 6) is 7.91. The van der Waals surface area contributed by atoms with Gasteiger partial charge in [-0.05, 0) is 88.6 Å². The van der Waals surface area contributed by atoms with Gasteiger partial charge in [-0.25, -0.2) is 0 Å². The summed E-state index contributed by atoms with van der Waals surface area (Å²) in [6.07, 6.45) is 8.48. The third-order valence-corrected chi connectivity index (χ3v) is 8.02. The molecule has 0 spiro atoms. The van der Waals surface area contributed by atoms with Crippen LogP contribution in [0.15, 0.2) is 15.9 Å². The Morgan fingerprint density at radius 1 is 1.35 bits per heavy atom. The second-order valence-electron chi connectivity index (χ2n) is 7.87. The lowest BCUT2D eigenvalue weighted by atomic mass is 9.43. The number of rotatable bonds is 3. The van der Waals surface area contributed by atoms with Crippen molar-refractivity contribution in [2.45, 2.75) is 51.5 Å². The number of hydrazine groups is 1. The van der Waals surface area contributed by atoms with Gasteiger partial charge in [-0.1, -0.05) is 6.92 Å². The van der Waals surface area contributed by atoms with Crippen molar-refractivity contribution in [3.8, 4) is 0 Å². The van der Waals surface area contributed by atoms with Crippen LogP contribution in [0.1, 0.15) is 56.4 Å². The Labute approximate surface area is 133 Å². The van der Waals surface area contributed by atoms with Crippen LogP contribution in [-0.2, 0) is 0 Å². The fourth-order valence-electron chi connectivity index (χ4n) is 6.18. The van der Waals surface area contributed by atoms with E-state index in [1.807, 2.05) is 11.3 Å². The van der Waals surface area contributed by atoms with Crippen LogP contribution in [0, 0.1) is 22.7 Å². The second-order valence-corrected chi connectivity index (χ2v) is 9.67. The Bertz CT molecular complexity index is 512. The Kier molecular flexibility index (Phi) is 3.12. The van der Waals surface area contributed by atoms with Gasteiger partial charge in [0.25, 0.3) is 0 Å². The fraction of sp³-hybridized carbons (Fsp3) is 0.750. The molecule has 4 aliphatic carbocycles. The average molecular weight is 355 g/mol. The van der Waals surface area contributed by atoms with Gasteiger partial charge < -0.3 is 0 Å². The molecule has 0 saturated heterocycles. The van der Waals surface area contributed by atoms with Gasteiger partial charge >= 0.3 is 0 Å². The quantitative estimate of drug-likeness (QED) is 0.613. The first-order valence-electron chi connectivity index (χ1n) is 7.73. The van der Waals surface area contributed by atoms with Gasteiger partial charge in [0.1, 0.15) is 0 Å². The number of nitrogens with two attached hydrogens (primary N) is 1. The lowest BCUT2D eigenvalue weighted by Crippen LogP contribution is -2.56. The highest BCUT2D eigenvalue weighted by Crippen LogP contribution is 2.68. The highest BCUT2D eigenvalue weighted by molar-refractivity contribution is 9.10. The normalized spacial score (nSPS) is 44.0. The summed E-state index contributed by atoms with van der Waals surface area (Å²) in [7, 11) is 0. The molecule has 3 atom stereocenters. The van der Waals surface area contributed by atoms with Gasteiger partial charge in [-0.2, -0.15) is 0 Å². The number of hydrogen-bond donors (Lipinski definition) is 2. The van der Waals surface area contributed by atoms with Crippen LogP contribution in [0.4, 0.5) is 0 Å². The summed E-state index contributed by atoms with van der Waals surface area (Å²) in [5.41, 5.74) is 4.16. The number of halogens is 1. The van der Waals surface area contributed by atoms with Crippen LogP contribution in [0.2, 0.25) is 0 Å². The molecule has 1 heterocycles. The molecule has 3 N–H and O–H groups in total. The number of hydrogen-bond acceptors (Lipinski definition) is 3. The molecular weight excluding hydrogens is 332 g/mol. The lowest BCUT2D eigenvalue weighted by Gasteiger charge is -2.63. The highest BCUT2D eigenvalue weighted by Gasteiger charge is 2.58. The van der Waals surface area contributed by atoms with Gasteiger partial charge in [0.05, 0.1) is 6.04 Å². The Balaban J connectivity index is 1.74. The molecule has 4 bridgehead atoms. The van der Waals surface area contributed by atoms with E-state index < -0.39 is 0 Å². The van der Waals surface area contributed by atoms with E-state index in [9.17, 15) is 0 Å². The number of thiophene rings is 1. The average Bonchev–Trinajstić information content (AvgIpc) is 2.73. The maximum atomic E-state index is 6.03. The molecule has 1 aromatic rings. The summed E-state index contributed by atoms with van der Waals surface area (Å²) in [4.78, 5) is 1.40. The van der Waals surface area contributed by atoms with Crippen molar-refractivity contribution in [2.75, 3.05) is 0 Å². The summed E-state index contributed by atoms with van der Waals surface area (Å²) in [6.45, 7) is 2.52. The Hall–Kier alpha value is 0.100. The van der Waals surface area contributed by atoms with Crippen molar-refractivity contribution in [2.24, 2.45) is 28.5 Å². The van der Waals surface area contributed by atoms with Crippen molar-refractivity contribution in [1.29, 1.82) is 0 Å². The molecule has 4 saturated carbocycles. The maximum absolute atomic E-state index is 6.03. The van der Waals surface area contributed by atoms with Crippen LogP contribution in [0.3, 0.4) is 0 Å². The van der Waals surface area contributed by atoms with E-state index >= 15 is 0 Å². The maximum Gasteiger partial charge on any atom is 0.0621 e. The fourth-order valence-corrected chi connectivity index (χ4v) is 7.98. The Morgan fingerprint density at radius 2 is 2.05 bits per heavy atom. The van der Waals surface area contributed by atoms with E-state index in [0.717, 1.165) is 11.8 Å². The summed E-state index contributed by atoms with van der Waals surface area (Å²) in [5, 5.41) is 2.17. The Morgan fingerprint density at radius 3 is 2.55 bits per heavy atom. The zero-order valence-electron chi connectivity index (χ0n) is 12.0. The summed E-state index contributed by atoms with van der Waals surface area (Å²) in [6, 6.07) is 2.48. The van der Waals surface area contributed by atoms with Gasteiger partial charge in [0, 0.05) is 9.35 Å². The largest absolute Gasteiger partial charge is 0.271 e. The first kappa shape index (κ1) is 13.7. The monoisotopic (exact) mass is 354 g/mol. The molecule has 110 valence electrons. The summed E-state index contributed by atoms with van der Waals surface area (Å²) < 4.78 is 1.23. The van der Waals surface area contributed by atoms with Gasteiger partial charge in [0.15, 0.2) is 0 Å². The van der Waals surface area contributed by atoms with E-state index in [-0.39, 0.29) is 0 Å². The molecule has 20 heavy (non-hydrogen) atoms. The minimum absolute atomic E-state index is 0.321. The molecule has 4 heteroatoms. The van der Waals surface area contributed by atoms with Crippen LogP contribution in [0.25, 0.3) is 0 Å². The van der Waals surface area contributed by atoms with Crippen LogP contribution < -0.4 is 11.3 Å². The van der Waals surface area contributed by atoms with Crippen LogP contribution in [-0.4, -0.2) is 0 Å². The van der Waals surface area contributed by atoms with Crippen molar-refractivity contribution >= 4 is 27.3 Å². The summed E-state index contributed by atoms with van der Waals surface area (Å²) >= 11 is 5.56. The first-order chi connectivity index (χ1) is 9.54. The zero-order valence-corrected chi connectivity index (χ0v) is 14.4. The third kappa shape index (κ3) is 1.95. The zero-order chi connectivity index (χ0) is 14.0.